The van der Waals surface area contributed by atoms with Crippen LogP contribution in [0.4, 0.5) is 11.4 Å². The highest BCUT2D eigenvalue weighted by molar-refractivity contribution is 5.47. The molecule has 0 atom stereocenters. The van der Waals surface area contributed by atoms with Crippen LogP contribution < -0.4 is 0 Å². The molecule has 134 valence electrons. The average molecular weight is 338 g/mol. The smallest absolute Gasteiger partial charge is 0.115 e. The van der Waals surface area contributed by atoms with Crippen molar-refractivity contribution in [2.75, 3.05) is 0 Å². The van der Waals surface area contributed by atoms with Gasteiger partial charge in [-0.2, -0.15) is 10.2 Å². The molecule has 0 saturated heterocycles. The molecule has 0 unspecified atom stereocenters. The molecule has 3 nitrogen and oxygen atoms in total. The van der Waals surface area contributed by atoms with E-state index in [0.29, 0.717) is 0 Å². The van der Waals surface area contributed by atoms with Crippen molar-refractivity contribution in [2.24, 2.45) is 10.2 Å². The lowest BCUT2D eigenvalue weighted by Gasteiger charge is -2.05. The largest absolute Gasteiger partial charge is 0.508 e. The minimum absolute atomic E-state index is 0.244. The number of azo groups is 1. The van der Waals surface area contributed by atoms with E-state index in [-0.39, 0.29) is 5.75 Å². The Morgan fingerprint density at radius 1 is 0.720 bits per heavy atom. The molecule has 3 heteroatoms. The van der Waals surface area contributed by atoms with Crippen LogP contribution in [-0.2, 0) is 6.42 Å². The molecule has 0 aliphatic rings. The lowest BCUT2D eigenvalue weighted by atomic mass is 10.0. The summed E-state index contributed by atoms with van der Waals surface area (Å²) in [6, 6.07) is 15.0. The summed E-state index contributed by atoms with van der Waals surface area (Å²) in [6.07, 6.45) is 11.7. The lowest BCUT2D eigenvalue weighted by molar-refractivity contribution is 0.475. The standard InChI is InChI=1S/C22H30N2O/c1-2-3-4-5-6-7-8-9-12-19-13-10-11-14-22(19)24-23-20-15-17-21(25)18-16-20/h10-11,13-18,25H,2-9,12H2,1H3. The van der Waals surface area contributed by atoms with E-state index >= 15 is 0 Å². The molecule has 0 radical (unpaired) electrons. The lowest BCUT2D eigenvalue weighted by Crippen LogP contribution is -1.87. The molecule has 0 amide bonds. The number of aromatic hydroxyl groups is 1. The molecule has 2 aromatic rings. The van der Waals surface area contributed by atoms with Crippen LogP contribution in [0.15, 0.2) is 58.8 Å². The second kappa shape index (κ2) is 11.4. The van der Waals surface area contributed by atoms with Crippen molar-refractivity contribution in [3.05, 3.63) is 54.1 Å². The number of phenolic OH excluding ortho intramolecular Hbond substituents is 1. The molecule has 0 bridgehead atoms. The highest BCUT2D eigenvalue weighted by Gasteiger charge is 2.01. The molecule has 2 rings (SSSR count). The van der Waals surface area contributed by atoms with E-state index in [4.69, 9.17) is 0 Å². The molecular formula is C22H30N2O. The van der Waals surface area contributed by atoms with Crippen molar-refractivity contribution in [1.82, 2.24) is 0 Å². The van der Waals surface area contributed by atoms with Gasteiger partial charge in [-0.25, -0.2) is 0 Å². The summed E-state index contributed by atoms with van der Waals surface area (Å²) >= 11 is 0. The van der Waals surface area contributed by atoms with Crippen LogP contribution in [-0.4, -0.2) is 5.11 Å². The Balaban J connectivity index is 1.79. The fourth-order valence-corrected chi connectivity index (χ4v) is 2.90. The molecule has 25 heavy (non-hydrogen) atoms. The summed E-state index contributed by atoms with van der Waals surface area (Å²) in [5.74, 6) is 0.244. The Labute approximate surface area is 151 Å². The van der Waals surface area contributed by atoms with Crippen LogP contribution in [0.2, 0.25) is 0 Å². The number of phenols is 1. The number of hydrogen-bond acceptors (Lipinski definition) is 3. The summed E-state index contributed by atoms with van der Waals surface area (Å²) in [5.41, 5.74) is 2.95. The van der Waals surface area contributed by atoms with E-state index in [0.717, 1.165) is 17.8 Å². The maximum atomic E-state index is 9.31. The molecule has 0 spiro atoms. The van der Waals surface area contributed by atoms with Gasteiger partial charge in [0.15, 0.2) is 0 Å². The molecule has 1 N–H and O–H groups in total. The zero-order chi connectivity index (χ0) is 17.7. The first-order chi connectivity index (χ1) is 12.3. The quantitative estimate of drug-likeness (QED) is 0.335. The number of aryl methyl sites for hydroxylation is 1. The van der Waals surface area contributed by atoms with E-state index < -0.39 is 0 Å². The van der Waals surface area contributed by atoms with E-state index in [1.807, 2.05) is 12.1 Å². The van der Waals surface area contributed by atoms with Gasteiger partial charge in [-0.15, -0.1) is 0 Å². The molecule has 2 aromatic carbocycles. The first-order valence-corrected chi connectivity index (χ1v) is 9.58. The minimum atomic E-state index is 0.244. The summed E-state index contributed by atoms with van der Waals surface area (Å²) in [7, 11) is 0. The van der Waals surface area contributed by atoms with Gasteiger partial charge < -0.3 is 5.11 Å². The van der Waals surface area contributed by atoms with Gasteiger partial charge in [0.25, 0.3) is 0 Å². The minimum Gasteiger partial charge on any atom is -0.508 e. The van der Waals surface area contributed by atoms with Gasteiger partial charge in [-0.05, 0) is 48.7 Å². The molecule has 0 saturated carbocycles. The Morgan fingerprint density at radius 2 is 1.36 bits per heavy atom. The Morgan fingerprint density at radius 3 is 2.08 bits per heavy atom. The monoisotopic (exact) mass is 338 g/mol. The molecule has 0 fully saturated rings. The molecule has 0 heterocycles. The third-order valence-corrected chi connectivity index (χ3v) is 4.41. The Hall–Kier alpha value is -2.16. The Bertz CT molecular complexity index is 635. The zero-order valence-corrected chi connectivity index (χ0v) is 15.3. The van der Waals surface area contributed by atoms with E-state index in [9.17, 15) is 5.11 Å². The van der Waals surface area contributed by atoms with Gasteiger partial charge in [-0.1, -0.05) is 70.1 Å². The molecule has 0 aliphatic heterocycles. The second-order valence-corrected chi connectivity index (χ2v) is 6.57. The summed E-state index contributed by atoms with van der Waals surface area (Å²) in [5, 5.41) is 18.0. The maximum Gasteiger partial charge on any atom is 0.115 e. The van der Waals surface area contributed by atoms with Gasteiger partial charge in [0.05, 0.1) is 11.4 Å². The normalized spacial score (nSPS) is 11.2. The maximum absolute atomic E-state index is 9.31. The van der Waals surface area contributed by atoms with Crippen LogP contribution in [0.5, 0.6) is 5.75 Å². The third-order valence-electron chi connectivity index (χ3n) is 4.41. The highest BCUT2D eigenvalue weighted by atomic mass is 16.3. The molecule has 0 aromatic heterocycles. The number of hydrogen-bond donors (Lipinski definition) is 1. The SMILES string of the molecule is CCCCCCCCCCc1ccccc1N=Nc1ccc(O)cc1. The number of rotatable bonds is 11. The number of nitrogens with zero attached hydrogens (tertiary/aromatic N) is 2. The summed E-state index contributed by atoms with van der Waals surface area (Å²) in [6.45, 7) is 2.26. The van der Waals surface area contributed by atoms with E-state index in [2.05, 4.69) is 29.3 Å². The topological polar surface area (TPSA) is 45.0 Å². The zero-order valence-electron chi connectivity index (χ0n) is 15.3. The average Bonchev–Trinajstić information content (AvgIpc) is 2.64. The number of unbranched alkanes of at least 4 members (excludes halogenated alkanes) is 7. The van der Waals surface area contributed by atoms with Crippen molar-refractivity contribution >= 4 is 11.4 Å². The highest BCUT2D eigenvalue weighted by Crippen LogP contribution is 2.25. The van der Waals surface area contributed by atoms with Gasteiger partial charge in [0, 0.05) is 0 Å². The van der Waals surface area contributed by atoms with Crippen LogP contribution >= 0.6 is 0 Å². The summed E-state index contributed by atoms with van der Waals surface area (Å²) < 4.78 is 0. The van der Waals surface area contributed by atoms with Gasteiger partial charge in [-0.3, -0.25) is 0 Å². The molecule has 0 aliphatic carbocycles. The van der Waals surface area contributed by atoms with Gasteiger partial charge >= 0.3 is 0 Å². The third kappa shape index (κ3) is 7.51. The van der Waals surface area contributed by atoms with Gasteiger partial charge in [0.2, 0.25) is 0 Å². The van der Waals surface area contributed by atoms with Crippen LogP contribution in [0.1, 0.15) is 63.9 Å². The van der Waals surface area contributed by atoms with E-state index in [1.54, 1.807) is 24.3 Å². The first kappa shape index (κ1) is 19.2. The second-order valence-electron chi connectivity index (χ2n) is 6.57. The van der Waals surface area contributed by atoms with Gasteiger partial charge in [0.1, 0.15) is 5.75 Å². The van der Waals surface area contributed by atoms with E-state index in [1.165, 1.54) is 56.9 Å². The fraction of sp³-hybridized carbons (Fsp3) is 0.455. The predicted molar refractivity (Wildman–Crippen MR) is 105 cm³/mol. The van der Waals surface area contributed by atoms with Crippen molar-refractivity contribution in [1.29, 1.82) is 0 Å². The Kier molecular flexibility index (Phi) is 8.74. The van der Waals surface area contributed by atoms with Crippen molar-refractivity contribution in [3.8, 4) is 5.75 Å². The van der Waals surface area contributed by atoms with Crippen LogP contribution in [0.3, 0.4) is 0 Å². The van der Waals surface area contributed by atoms with Crippen molar-refractivity contribution in [2.45, 2.75) is 64.7 Å². The number of benzene rings is 2. The molecular weight excluding hydrogens is 308 g/mol. The van der Waals surface area contributed by atoms with Crippen molar-refractivity contribution < 1.29 is 5.11 Å². The van der Waals surface area contributed by atoms with Crippen LogP contribution in [0, 0.1) is 0 Å². The van der Waals surface area contributed by atoms with Crippen LogP contribution in [0.25, 0.3) is 0 Å². The summed E-state index contributed by atoms with van der Waals surface area (Å²) in [4.78, 5) is 0. The predicted octanol–water partition coefficient (Wildman–Crippen LogP) is 7.49. The fourth-order valence-electron chi connectivity index (χ4n) is 2.90. The first-order valence-electron chi connectivity index (χ1n) is 9.58. The van der Waals surface area contributed by atoms with Crippen molar-refractivity contribution in [3.63, 3.8) is 0 Å².